The van der Waals surface area contributed by atoms with Crippen LogP contribution in [0, 0.1) is 11.3 Å². The third-order valence-corrected chi connectivity index (χ3v) is 3.41. The average Bonchev–Trinajstić information content (AvgIpc) is 2.38. The molecule has 0 saturated heterocycles. The van der Waals surface area contributed by atoms with Crippen LogP contribution in [-0.4, -0.2) is 10.8 Å². The van der Waals surface area contributed by atoms with Gasteiger partial charge in [-0.15, -0.1) is 12.6 Å². The van der Waals surface area contributed by atoms with E-state index in [9.17, 15) is 10.1 Å². The second kappa shape index (κ2) is 5.29. The van der Waals surface area contributed by atoms with Gasteiger partial charge in [0.1, 0.15) is 0 Å². The molecule has 1 aliphatic heterocycles. The van der Waals surface area contributed by atoms with Gasteiger partial charge in [0, 0.05) is 23.7 Å². The number of hydrogen-bond acceptors (Lipinski definition) is 5. The van der Waals surface area contributed by atoms with Crippen LogP contribution in [0.25, 0.3) is 0 Å². The molecule has 5 heteroatoms. The lowest BCUT2D eigenvalue weighted by Crippen LogP contribution is -2.26. The first-order valence-electron chi connectivity index (χ1n) is 5.78. The minimum Gasteiger partial charge on any atom is -0.353 e. The van der Waals surface area contributed by atoms with Crippen molar-refractivity contribution in [1.29, 1.82) is 5.26 Å². The van der Waals surface area contributed by atoms with Crippen molar-refractivity contribution < 1.29 is 4.79 Å². The number of thiol groups is 1. The normalized spacial score (nSPS) is 18.9. The maximum atomic E-state index is 11.9. The molecule has 0 aliphatic carbocycles. The maximum Gasteiger partial charge on any atom is 0.158 e. The van der Waals surface area contributed by atoms with Gasteiger partial charge in [0.05, 0.1) is 22.6 Å². The summed E-state index contributed by atoms with van der Waals surface area (Å²) in [6.07, 6.45) is 3.33. The fourth-order valence-corrected chi connectivity index (χ4v) is 2.62. The molecule has 0 saturated carbocycles. The van der Waals surface area contributed by atoms with Crippen molar-refractivity contribution in [3.05, 3.63) is 52.0 Å². The first kappa shape index (κ1) is 13.4. The van der Waals surface area contributed by atoms with Gasteiger partial charge in [-0.1, -0.05) is 6.07 Å². The summed E-state index contributed by atoms with van der Waals surface area (Å²) in [5.41, 5.74) is 2.57. The molecule has 0 fully saturated rings. The Labute approximate surface area is 117 Å². The zero-order valence-corrected chi connectivity index (χ0v) is 11.5. The van der Waals surface area contributed by atoms with E-state index in [1.165, 1.54) is 6.92 Å². The predicted octanol–water partition coefficient (Wildman–Crippen LogP) is 2.30. The van der Waals surface area contributed by atoms with Crippen molar-refractivity contribution in [2.45, 2.75) is 19.8 Å². The number of nitrogens with zero attached hydrogens (tertiary/aromatic N) is 2. The fraction of sp³-hybridized carbons (Fsp3) is 0.214. The van der Waals surface area contributed by atoms with Gasteiger partial charge in [-0.05, 0) is 25.5 Å². The molecule has 1 aromatic heterocycles. The van der Waals surface area contributed by atoms with E-state index in [0.29, 0.717) is 16.2 Å². The Morgan fingerprint density at radius 3 is 2.84 bits per heavy atom. The number of Topliss-reactive ketones (excluding diaryl/α,β-unsaturated/α-hetero) is 1. The number of rotatable bonds is 2. The Morgan fingerprint density at radius 2 is 2.32 bits per heavy atom. The van der Waals surface area contributed by atoms with Crippen LogP contribution in [0.15, 0.2) is 46.4 Å². The van der Waals surface area contributed by atoms with Crippen LogP contribution in [0.2, 0.25) is 0 Å². The SMILES string of the molecule is CC(=O)C1=C(C)NC(S)=C(C#N)[C@@H]1c1cccnc1. The van der Waals surface area contributed by atoms with Crippen molar-refractivity contribution in [2.75, 3.05) is 0 Å². The summed E-state index contributed by atoms with van der Waals surface area (Å²) in [6.45, 7) is 3.31. The van der Waals surface area contributed by atoms with Crippen molar-refractivity contribution in [1.82, 2.24) is 10.3 Å². The third kappa shape index (κ3) is 2.40. The molecule has 1 N–H and O–H groups in total. The molecular weight excluding hydrogens is 258 g/mol. The number of pyridine rings is 1. The first-order valence-corrected chi connectivity index (χ1v) is 6.22. The number of carbonyl (C=O) groups is 1. The van der Waals surface area contributed by atoms with E-state index >= 15 is 0 Å². The van der Waals surface area contributed by atoms with Crippen molar-refractivity contribution in [3.63, 3.8) is 0 Å². The highest BCUT2D eigenvalue weighted by Gasteiger charge is 2.31. The van der Waals surface area contributed by atoms with E-state index < -0.39 is 5.92 Å². The van der Waals surface area contributed by atoms with Gasteiger partial charge in [0.2, 0.25) is 0 Å². The zero-order chi connectivity index (χ0) is 14.0. The number of aromatic nitrogens is 1. The highest BCUT2D eigenvalue weighted by molar-refractivity contribution is 7.84. The topological polar surface area (TPSA) is 65.8 Å². The summed E-state index contributed by atoms with van der Waals surface area (Å²) < 4.78 is 0. The van der Waals surface area contributed by atoms with Crippen LogP contribution in [0.4, 0.5) is 0 Å². The number of hydrogen-bond donors (Lipinski definition) is 2. The van der Waals surface area contributed by atoms with Gasteiger partial charge in [-0.3, -0.25) is 9.78 Å². The lowest BCUT2D eigenvalue weighted by atomic mass is 9.81. The summed E-state index contributed by atoms with van der Waals surface area (Å²) in [4.78, 5) is 15.9. The Hall–Kier alpha value is -2.06. The molecule has 1 aliphatic rings. The average molecular weight is 271 g/mol. The highest BCUT2D eigenvalue weighted by Crippen LogP contribution is 2.38. The Balaban J connectivity index is 2.65. The van der Waals surface area contributed by atoms with E-state index in [0.717, 1.165) is 11.3 Å². The smallest absolute Gasteiger partial charge is 0.158 e. The van der Waals surface area contributed by atoms with Gasteiger partial charge in [0.25, 0.3) is 0 Å². The van der Waals surface area contributed by atoms with Crippen LogP contribution >= 0.6 is 12.6 Å². The van der Waals surface area contributed by atoms with Gasteiger partial charge in [-0.2, -0.15) is 5.26 Å². The minimum absolute atomic E-state index is 0.0626. The van der Waals surface area contributed by atoms with Crippen LogP contribution in [0.3, 0.4) is 0 Å². The largest absolute Gasteiger partial charge is 0.353 e. The van der Waals surface area contributed by atoms with Crippen LogP contribution in [-0.2, 0) is 4.79 Å². The summed E-state index contributed by atoms with van der Waals surface area (Å²) in [6, 6.07) is 5.78. The Kier molecular flexibility index (Phi) is 3.72. The molecular formula is C14H13N3OS. The predicted molar refractivity (Wildman–Crippen MR) is 75.1 cm³/mol. The Morgan fingerprint density at radius 1 is 1.58 bits per heavy atom. The van der Waals surface area contributed by atoms with Crippen LogP contribution < -0.4 is 5.32 Å². The number of allylic oxidation sites excluding steroid dienone is 3. The molecule has 1 atom stereocenters. The summed E-state index contributed by atoms with van der Waals surface area (Å²) in [7, 11) is 0. The summed E-state index contributed by atoms with van der Waals surface area (Å²) >= 11 is 4.29. The first-order chi connectivity index (χ1) is 9.06. The molecule has 0 unspecified atom stereocenters. The van der Waals surface area contributed by atoms with E-state index in [4.69, 9.17) is 0 Å². The number of dihydropyridines is 1. The molecule has 2 rings (SSSR count). The van der Waals surface area contributed by atoms with Gasteiger partial charge >= 0.3 is 0 Å². The minimum atomic E-state index is -0.398. The molecule has 96 valence electrons. The quantitative estimate of drug-likeness (QED) is 0.810. The van der Waals surface area contributed by atoms with E-state index in [2.05, 4.69) is 29.0 Å². The molecule has 2 heterocycles. The van der Waals surface area contributed by atoms with Gasteiger partial charge < -0.3 is 5.32 Å². The number of carbonyl (C=O) groups excluding carboxylic acids is 1. The lowest BCUT2D eigenvalue weighted by Gasteiger charge is -2.27. The number of ketones is 1. The Bertz CT molecular complexity index is 626. The molecule has 0 bridgehead atoms. The van der Waals surface area contributed by atoms with E-state index in [1.54, 1.807) is 18.5 Å². The zero-order valence-electron chi connectivity index (χ0n) is 10.6. The second-order valence-electron chi connectivity index (χ2n) is 4.31. The number of nitriles is 1. The summed E-state index contributed by atoms with van der Waals surface area (Å²) in [5.74, 6) is -0.461. The third-order valence-electron chi connectivity index (χ3n) is 3.06. The molecule has 0 aromatic carbocycles. The van der Waals surface area contributed by atoms with Gasteiger partial charge in [-0.25, -0.2) is 0 Å². The monoisotopic (exact) mass is 271 g/mol. The standard InChI is InChI=1S/C14H13N3OS/c1-8-12(9(2)18)13(10-4-3-5-16-7-10)11(6-15)14(19)17-8/h3-5,7,13,17,19H,1-2H3/t13-/m0/s1. The van der Waals surface area contributed by atoms with Crippen molar-refractivity contribution >= 4 is 18.4 Å². The molecule has 1 aromatic rings. The molecule has 0 radical (unpaired) electrons. The lowest BCUT2D eigenvalue weighted by molar-refractivity contribution is -0.113. The molecule has 0 amide bonds. The van der Waals surface area contributed by atoms with Gasteiger partial charge in [0.15, 0.2) is 5.78 Å². The van der Waals surface area contributed by atoms with Crippen LogP contribution in [0.1, 0.15) is 25.3 Å². The second-order valence-corrected chi connectivity index (χ2v) is 4.76. The molecule has 19 heavy (non-hydrogen) atoms. The number of nitrogens with one attached hydrogen (secondary N) is 1. The molecule has 4 nitrogen and oxygen atoms in total. The van der Waals surface area contributed by atoms with Crippen molar-refractivity contribution in [3.8, 4) is 6.07 Å². The highest BCUT2D eigenvalue weighted by atomic mass is 32.1. The summed E-state index contributed by atoms with van der Waals surface area (Å²) in [5, 5.41) is 12.8. The van der Waals surface area contributed by atoms with E-state index in [1.807, 2.05) is 13.0 Å². The molecule has 0 spiro atoms. The van der Waals surface area contributed by atoms with Crippen LogP contribution in [0.5, 0.6) is 0 Å². The maximum absolute atomic E-state index is 11.9. The van der Waals surface area contributed by atoms with Crippen molar-refractivity contribution in [2.24, 2.45) is 0 Å². The fourth-order valence-electron chi connectivity index (χ4n) is 2.27. The van der Waals surface area contributed by atoms with E-state index in [-0.39, 0.29) is 5.78 Å².